The summed E-state index contributed by atoms with van der Waals surface area (Å²) in [4.78, 5) is 12.2. The van der Waals surface area contributed by atoms with Crippen LogP contribution in [-0.2, 0) is 4.79 Å². The van der Waals surface area contributed by atoms with E-state index in [0.29, 0.717) is 11.4 Å². The SMILES string of the molecule is O=C1C[C@@H](c2cccc(Cl)c2)c2ccc3ccccc3c2N1. The van der Waals surface area contributed by atoms with Crippen LogP contribution in [0.25, 0.3) is 10.8 Å². The van der Waals surface area contributed by atoms with Gasteiger partial charge in [-0.25, -0.2) is 0 Å². The number of carbonyl (C=O) groups is 1. The van der Waals surface area contributed by atoms with E-state index >= 15 is 0 Å². The van der Waals surface area contributed by atoms with E-state index < -0.39 is 0 Å². The van der Waals surface area contributed by atoms with E-state index in [1.165, 1.54) is 0 Å². The molecule has 0 bridgehead atoms. The lowest BCUT2D eigenvalue weighted by Crippen LogP contribution is -2.23. The summed E-state index contributed by atoms with van der Waals surface area (Å²) < 4.78 is 0. The van der Waals surface area contributed by atoms with Crippen LogP contribution >= 0.6 is 11.6 Å². The van der Waals surface area contributed by atoms with Crippen molar-refractivity contribution in [1.82, 2.24) is 0 Å². The zero-order chi connectivity index (χ0) is 15.1. The number of benzene rings is 3. The highest BCUT2D eigenvalue weighted by Crippen LogP contribution is 2.41. The normalized spacial score (nSPS) is 17.1. The molecule has 3 heteroatoms. The van der Waals surface area contributed by atoms with Crippen LogP contribution in [0.4, 0.5) is 5.69 Å². The number of fused-ring (bicyclic) bond motifs is 3. The van der Waals surface area contributed by atoms with Crippen molar-refractivity contribution in [1.29, 1.82) is 0 Å². The molecule has 1 aliphatic rings. The minimum Gasteiger partial charge on any atom is -0.325 e. The van der Waals surface area contributed by atoms with Gasteiger partial charge in [0.05, 0.1) is 5.69 Å². The van der Waals surface area contributed by atoms with Crippen molar-refractivity contribution >= 4 is 34.0 Å². The van der Waals surface area contributed by atoms with E-state index in [9.17, 15) is 4.79 Å². The Hall–Kier alpha value is -2.32. The zero-order valence-corrected chi connectivity index (χ0v) is 12.6. The van der Waals surface area contributed by atoms with Gasteiger partial charge in [0, 0.05) is 22.7 Å². The molecule has 1 aliphatic heterocycles. The second-order valence-corrected chi connectivity index (χ2v) is 6.05. The van der Waals surface area contributed by atoms with Gasteiger partial charge >= 0.3 is 0 Å². The molecule has 0 aliphatic carbocycles. The third kappa shape index (κ3) is 2.16. The molecule has 108 valence electrons. The zero-order valence-electron chi connectivity index (χ0n) is 11.8. The molecular formula is C19H14ClNO. The van der Waals surface area contributed by atoms with Gasteiger partial charge in [0.2, 0.25) is 5.91 Å². The Labute approximate surface area is 133 Å². The molecule has 0 aromatic heterocycles. The maximum atomic E-state index is 12.2. The average molecular weight is 308 g/mol. The molecule has 1 heterocycles. The Morgan fingerprint density at radius 2 is 1.86 bits per heavy atom. The van der Waals surface area contributed by atoms with Crippen molar-refractivity contribution in [2.24, 2.45) is 0 Å². The van der Waals surface area contributed by atoms with Crippen LogP contribution in [0.15, 0.2) is 60.7 Å². The Balaban J connectivity index is 1.94. The van der Waals surface area contributed by atoms with Gasteiger partial charge in [-0.2, -0.15) is 0 Å². The lowest BCUT2D eigenvalue weighted by molar-refractivity contribution is -0.116. The number of halogens is 1. The Kier molecular flexibility index (Phi) is 3.12. The summed E-state index contributed by atoms with van der Waals surface area (Å²) in [6.45, 7) is 0. The largest absolute Gasteiger partial charge is 0.325 e. The van der Waals surface area contributed by atoms with Gasteiger partial charge in [0.1, 0.15) is 0 Å². The van der Waals surface area contributed by atoms with Crippen LogP contribution in [0.5, 0.6) is 0 Å². The van der Waals surface area contributed by atoms with E-state index in [2.05, 4.69) is 29.6 Å². The van der Waals surface area contributed by atoms with E-state index in [1.54, 1.807) is 0 Å². The highest BCUT2D eigenvalue weighted by Gasteiger charge is 2.27. The second-order valence-electron chi connectivity index (χ2n) is 5.61. The van der Waals surface area contributed by atoms with Gasteiger partial charge in [-0.3, -0.25) is 4.79 Å². The van der Waals surface area contributed by atoms with Crippen molar-refractivity contribution in [2.75, 3.05) is 5.32 Å². The van der Waals surface area contributed by atoms with Gasteiger partial charge in [0.15, 0.2) is 0 Å². The third-order valence-electron chi connectivity index (χ3n) is 4.24. The molecule has 1 amide bonds. The van der Waals surface area contributed by atoms with Crippen molar-refractivity contribution in [3.8, 4) is 0 Å². The van der Waals surface area contributed by atoms with Crippen LogP contribution in [0.2, 0.25) is 5.02 Å². The Morgan fingerprint density at radius 3 is 2.73 bits per heavy atom. The molecule has 3 aromatic carbocycles. The average Bonchev–Trinajstić information content (AvgIpc) is 2.54. The summed E-state index contributed by atoms with van der Waals surface area (Å²) in [5, 5.41) is 5.96. The quantitative estimate of drug-likeness (QED) is 0.676. The van der Waals surface area contributed by atoms with Crippen LogP contribution in [0.1, 0.15) is 23.5 Å². The fourth-order valence-electron chi connectivity index (χ4n) is 3.22. The minimum atomic E-state index is 0.0482. The first-order valence-corrected chi connectivity index (χ1v) is 7.67. The lowest BCUT2D eigenvalue weighted by Gasteiger charge is -2.27. The maximum absolute atomic E-state index is 12.2. The van der Waals surface area contributed by atoms with E-state index in [-0.39, 0.29) is 11.8 Å². The van der Waals surface area contributed by atoms with Crippen LogP contribution in [0, 0.1) is 0 Å². The first-order valence-electron chi connectivity index (χ1n) is 7.29. The maximum Gasteiger partial charge on any atom is 0.225 e. The second kappa shape index (κ2) is 5.15. The number of hydrogen-bond acceptors (Lipinski definition) is 1. The van der Waals surface area contributed by atoms with Crippen LogP contribution in [-0.4, -0.2) is 5.91 Å². The highest BCUT2D eigenvalue weighted by atomic mass is 35.5. The number of amides is 1. The van der Waals surface area contributed by atoms with Gasteiger partial charge < -0.3 is 5.32 Å². The highest BCUT2D eigenvalue weighted by molar-refractivity contribution is 6.30. The number of rotatable bonds is 1. The summed E-state index contributed by atoms with van der Waals surface area (Å²) in [5.74, 6) is 0.0980. The number of nitrogens with one attached hydrogen (secondary N) is 1. The smallest absolute Gasteiger partial charge is 0.225 e. The summed E-state index contributed by atoms with van der Waals surface area (Å²) in [5.41, 5.74) is 3.17. The molecule has 3 aromatic rings. The predicted octanol–water partition coefficient (Wildman–Crippen LogP) is 4.97. The molecule has 1 atom stereocenters. The first kappa shape index (κ1) is 13.4. The fraction of sp³-hybridized carbons (Fsp3) is 0.105. The number of anilines is 1. The predicted molar refractivity (Wildman–Crippen MR) is 90.5 cm³/mol. The molecule has 0 fully saturated rings. The lowest BCUT2D eigenvalue weighted by atomic mass is 9.83. The molecule has 0 spiro atoms. The van der Waals surface area contributed by atoms with Crippen molar-refractivity contribution in [3.63, 3.8) is 0 Å². The Bertz CT molecular complexity index is 887. The monoisotopic (exact) mass is 307 g/mol. The molecule has 0 radical (unpaired) electrons. The number of hydrogen-bond donors (Lipinski definition) is 1. The molecule has 0 saturated heterocycles. The standard InChI is InChI=1S/C19H14ClNO/c20-14-6-3-5-13(10-14)17-11-18(22)21-19-15-7-2-1-4-12(15)8-9-16(17)19/h1-10,17H,11H2,(H,21,22)/t17-/m0/s1. The summed E-state index contributed by atoms with van der Waals surface area (Å²) >= 11 is 6.12. The topological polar surface area (TPSA) is 29.1 Å². The van der Waals surface area contributed by atoms with Crippen LogP contribution < -0.4 is 5.32 Å². The minimum absolute atomic E-state index is 0.0482. The van der Waals surface area contributed by atoms with Gasteiger partial charge in [0.25, 0.3) is 0 Å². The summed E-state index contributed by atoms with van der Waals surface area (Å²) in [7, 11) is 0. The van der Waals surface area contributed by atoms with Gasteiger partial charge in [-0.05, 0) is 28.6 Å². The fourth-order valence-corrected chi connectivity index (χ4v) is 3.42. The van der Waals surface area contributed by atoms with E-state index in [4.69, 9.17) is 11.6 Å². The molecule has 4 rings (SSSR count). The van der Waals surface area contributed by atoms with Crippen molar-refractivity contribution in [2.45, 2.75) is 12.3 Å². The summed E-state index contributed by atoms with van der Waals surface area (Å²) in [6.07, 6.45) is 0.450. The number of carbonyl (C=O) groups excluding carboxylic acids is 1. The van der Waals surface area contributed by atoms with Gasteiger partial charge in [-0.15, -0.1) is 0 Å². The Morgan fingerprint density at radius 1 is 1.00 bits per heavy atom. The first-order chi connectivity index (χ1) is 10.7. The van der Waals surface area contributed by atoms with Crippen molar-refractivity contribution < 1.29 is 4.79 Å². The van der Waals surface area contributed by atoms with E-state index in [1.807, 2.05) is 36.4 Å². The molecule has 0 unspecified atom stereocenters. The van der Waals surface area contributed by atoms with Crippen LogP contribution in [0.3, 0.4) is 0 Å². The molecule has 0 saturated carbocycles. The van der Waals surface area contributed by atoms with Gasteiger partial charge in [-0.1, -0.05) is 60.1 Å². The molecular weight excluding hydrogens is 294 g/mol. The molecule has 22 heavy (non-hydrogen) atoms. The summed E-state index contributed by atoms with van der Waals surface area (Å²) in [6, 6.07) is 20.1. The molecule has 1 N–H and O–H groups in total. The van der Waals surface area contributed by atoms with E-state index in [0.717, 1.165) is 27.6 Å². The molecule has 2 nitrogen and oxygen atoms in total. The third-order valence-corrected chi connectivity index (χ3v) is 4.48. The van der Waals surface area contributed by atoms with Crippen molar-refractivity contribution in [3.05, 3.63) is 76.8 Å².